The third-order valence-corrected chi connectivity index (χ3v) is 3.37. The Morgan fingerprint density at radius 3 is 2.21 bits per heavy atom. The molecule has 2 amide bonds. The van der Waals surface area contributed by atoms with Crippen LogP contribution in [0.3, 0.4) is 0 Å². The Balaban J connectivity index is 1.87. The number of hydrogen-bond acceptors (Lipinski definition) is 5. The molecule has 5 nitrogen and oxygen atoms in total. The minimum atomic E-state index is -0.726. The van der Waals surface area contributed by atoms with Crippen molar-refractivity contribution in [1.82, 2.24) is 5.06 Å². The van der Waals surface area contributed by atoms with Gasteiger partial charge in [-0.1, -0.05) is 17.2 Å². The molecule has 0 saturated carbocycles. The van der Waals surface area contributed by atoms with Gasteiger partial charge in [0.25, 0.3) is 11.8 Å². The van der Waals surface area contributed by atoms with Crippen molar-refractivity contribution in [3.8, 4) is 0 Å². The highest BCUT2D eigenvalue weighted by Gasteiger charge is 2.38. The van der Waals surface area contributed by atoms with Gasteiger partial charge in [-0.05, 0) is 23.6 Å². The van der Waals surface area contributed by atoms with Gasteiger partial charge in [-0.15, -0.1) is 0 Å². The molecule has 0 radical (unpaired) electrons. The maximum atomic E-state index is 11.9. The zero-order valence-corrected chi connectivity index (χ0v) is 10.3. The first-order valence-electron chi connectivity index (χ1n) is 5.41. The maximum Gasteiger partial charge on any atom is 0.364 e. The van der Waals surface area contributed by atoms with E-state index in [4.69, 9.17) is 4.84 Å². The van der Waals surface area contributed by atoms with Crippen LogP contribution in [0.25, 0.3) is 0 Å². The Bertz CT molecular complexity index is 643. The molecule has 0 saturated heterocycles. The average Bonchev–Trinajstić information content (AvgIpc) is 3.03. The molecule has 19 heavy (non-hydrogen) atoms. The SMILES string of the molecule is O=C(ON1C(=O)c2ccccc2C1=O)c1ccsc1. The molecule has 1 aromatic carbocycles. The fourth-order valence-corrected chi connectivity index (χ4v) is 2.39. The Kier molecular flexibility index (Phi) is 2.64. The van der Waals surface area contributed by atoms with Gasteiger partial charge in [-0.3, -0.25) is 9.59 Å². The quantitative estimate of drug-likeness (QED) is 0.786. The minimum absolute atomic E-state index is 0.241. The molecule has 0 atom stereocenters. The highest BCUT2D eigenvalue weighted by atomic mass is 32.1. The number of hydrogen-bond donors (Lipinski definition) is 0. The van der Waals surface area contributed by atoms with Crippen LogP contribution in [0.1, 0.15) is 31.1 Å². The fourth-order valence-electron chi connectivity index (χ4n) is 1.77. The van der Waals surface area contributed by atoms with E-state index in [1.165, 1.54) is 23.5 Å². The van der Waals surface area contributed by atoms with Crippen molar-refractivity contribution >= 4 is 29.1 Å². The normalized spacial score (nSPS) is 13.6. The van der Waals surface area contributed by atoms with Crippen LogP contribution >= 0.6 is 11.3 Å². The summed E-state index contributed by atoms with van der Waals surface area (Å²) >= 11 is 1.33. The van der Waals surface area contributed by atoms with Gasteiger partial charge in [0.1, 0.15) is 0 Å². The standard InChI is InChI=1S/C13H7NO4S/c15-11-9-3-1-2-4-10(9)12(16)14(11)18-13(17)8-5-6-19-7-8/h1-7H. The number of amides is 2. The lowest BCUT2D eigenvalue weighted by Gasteiger charge is -2.11. The lowest BCUT2D eigenvalue weighted by atomic mass is 10.1. The number of carbonyl (C=O) groups is 3. The summed E-state index contributed by atoms with van der Waals surface area (Å²) in [6.07, 6.45) is 0. The summed E-state index contributed by atoms with van der Waals surface area (Å²) in [5, 5.41) is 3.80. The second-order valence-corrected chi connectivity index (χ2v) is 4.62. The predicted molar refractivity (Wildman–Crippen MR) is 66.7 cm³/mol. The first kappa shape index (κ1) is 11.6. The van der Waals surface area contributed by atoms with Crippen molar-refractivity contribution in [3.05, 3.63) is 57.8 Å². The van der Waals surface area contributed by atoms with E-state index >= 15 is 0 Å². The molecule has 94 valence electrons. The van der Waals surface area contributed by atoms with Gasteiger partial charge in [0, 0.05) is 5.38 Å². The maximum absolute atomic E-state index is 11.9. The molecule has 0 fully saturated rings. The third-order valence-electron chi connectivity index (χ3n) is 2.69. The van der Waals surface area contributed by atoms with Crippen LogP contribution in [-0.2, 0) is 4.84 Å². The van der Waals surface area contributed by atoms with Crippen LogP contribution in [-0.4, -0.2) is 22.8 Å². The van der Waals surface area contributed by atoms with Crippen LogP contribution in [0.5, 0.6) is 0 Å². The van der Waals surface area contributed by atoms with E-state index in [-0.39, 0.29) is 11.1 Å². The van der Waals surface area contributed by atoms with Crippen molar-refractivity contribution in [3.63, 3.8) is 0 Å². The summed E-state index contributed by atoms with van der Waals surface area (Å²) in [5.74, 6) is -1.97. The van der Waals surface area contributed by atoms with E-state index in [2.05, 4.69) is 0 Å². The van der Waals surface area contributed by atoms with Gasteiger partial charge >= 0.3 is 5.97 Å². The number of carbonyl (C=O) groups excluding carboxylic acids is 3. The van der Waals surface area contributed by atoms with Crippen molar-refractivity contribution in [2.45, 2.75) is 0 Å². The van der Waals surface area contributed by atoms with Crippen molar-refractivity contribution in [2.75, 3.05) is 0 Å². The molecule has 1 aliphatic rings. The van der Waals surface area contributed by atoms with E-state index in [1.54, 1.807) is 29.0 Å². The number of benzene rings is 1. The van der Waals surface area contributed by atoms with E-state index in [1.807, 2.05) is 0 Å². The van der Waals surface area contributed by atoms with E-state index in [9.17, 15) is 14.4 Å². The highest BCUT2D eigenvalue weighted by Crippen LogP contribution is 2.23. The van der Waals surface area contributed by atoms with Gasteiger partial charge in [0.15, 0.2) is 0 Å². The average molecular weight is 273 g/mol. The molecular formula is C13H7NO4S. The topological polar surface area (TPSA) is 63.7 Å². The second kappa shape index (κ2) is 4.33. The van der Waals surface area contributed by atoms with Crippen LogP contribution in [0.15, 0.2) is 41.1 Å². The summed E-state index contributed by atoms with van der Waals surface area (Å²) in [5.41, 5.74) is 0.790. The molecule has 0 N–H and O–H groups in total. The van der Waals surface area contributed by atoms with E-state index < -0.39 is 17.8 Å². The van der Waals surface area contributed by atoms with Gasteiger partial charge in [0.05, 0.1) is 16.7 Å². The van der Waals surface area contributed by atoms with Crippen LogP contribution < -0.4 is 0 Å². The van der Waals surface area contributed by atoms with Gasteiger partial charge in [0.2, 0.25) is 0 Å². The van der Waals surface area contributed by atoms with Crippen molar-refractivity contribution in [2.24, 2.45) is 0 Å². The molecule has 2 aromatic rings. The number of imide groups is 1. The Morgan fingerprint density at radius 1 is 1.05 bits per heavy atom. The van der Waals surface area contributed by atoms with Crippen molar-refractivity contribution < 1.29 is 19.2 Å². The predicted octanol–water partition coefficient (Wildman–Crippen LogP) is 2.12. The minimum Gasteiger partial charge on any atom is -0.324 e. The van der Waals surface area contributed by atoms with Gasteiger partial charge in [-0.2, -0.15) is 11.3 Å². The molecule has 0 aliphatic carbocycles. The van der Waals surface area contributed by atoms with E-state index in [0.29, 0.717) is 10.6 Å². The fraction of sp³-hybridized carbons (Fsp3) is 0. The Hall–Kier alpha value is -2.47. The molecule has 0 unspecified atom stereocenters. The first-order valence-corrected chi connectivity index (χ1v) is 6.35. The molecule has 0 bridgehead atoms. The summed E-state index contributed by atoms with van der Waals surface area (Å²) in [6.45, 7) is 0. The summed E-state index contributed by atoms with van der Waals surface area (Å²) in [7, 11) is 0. The monoisotopic (exact) mass is 273 g/mol. The highest BCUT2D eigenvalue weighted by molar-refractivity contribution is 7.08. The smallest absolute Gasteiger partial charge is 0.324 e. The van der Waals surface area contributed by atoms with Crippen LogP contribution in [0.4, 0.5) is 0 Å². The van der Waals surface area contributed by atoms with Crippen LogP contribution in [0, 0.1) is 0 Å². The zero-order valence-electron chi connectivity index (χ0n) is 9.53. The van der Waals surface area contributed by atoms with E-state index in [0.717, 1.165) is 0 Å². The lowest BCUT2D eigenvalue weighted by molar-refractivity contribution is -0.0584. The second-order valence-electron chi connectivity index (χ2n) is 3.84. The summed E-state index contributed by atoms with van der Waals surface area (Å²) in [4.78, 5) is 40.5. The number of thiophene rings is 1. The summed E-state index contributed by atoms with van der Waals surface area (Å²) in [6, 6.07) is 7.90. The van der Waals surface area contributed by atoms with Gasteiger partial charge in [-0.25, -0.2) is 4.79 Å². The zero-order chi connectivity index (χ0) is 13.4. The third kappa shape index (κ3) is 1.82. The number of nitrogens with zero attached hydrogens (tertiary/aromatic N) is 1. The largest absolute Gasteiger partial charge is 0.364 e. The van der Waals surface area contributed by atoms with Gasteiger partial charge < -0.3 is 4.84 Å². The molecule has 3 rings (SSSR count). The number of fused-ring (bicyclic) bond motifs is 1. The molecule has 6 heteroatoms. The molecular weight excluding hydrogens is 266 g/mol. The Morgan fingerprint density at radius 2 is 1.68 bits per heavy atom. The Labute approximate surface area is 112 Å². The van der Waals surface area contributed by atoms with Crippen LogP contribution in [0.2, 0.25) is 0 Å². The molecule has 2 heterocycles. The molecule has 1 aromatic heterocycles. The first-order chi connectivity index (χ1) is 9.18. The molecule has 1 aliphatic heterocycles. The molecule has 0 spiro atoms. The number of rotatable bonds is 2. The van der Waals surface area contributed by atoms with Crippen molar-refractivity contribution in [1.29, 1.82) is 0 Å². The lowest BCUT2D eigenvalue weighted by Crippen LogP contribution is -2.32. The summed E-state index contributed by atoms with van der Waals surface area (Å²) < 4.78 is 0. The number of hydroxylamine groups is 2.